The second-order valence-corrected chi connectivity index (χ2v) is 6.80. The Bertz CT molecular complexity index is 621. The van der Waals surface area contributed by atoms with Gasteiger partial charge in [-0.2, -0.15) is 0 Å². The van der Waals surface area contributed by atoms with Crippen LogP contribution in [0.2, 0.25) is 0 Å². The number of carbonyl (C=O) groups excluding carboxylic acids is 1. The first-order valence-electron chi connectivity index (χ1n) is 8.97. The summed E-state index contributed by atoms with van der Waals surface area (Å²) in [5.74, 6) is 1.76. The molecule has 0 bridgehead atoms. The number of hydrogen-bond acceptors (Lipinski definition) is 2. The fraction of sp³-hybridized carbons (Fsp3) is 0.550. The van der Waals surface area contributed by atoms with Gasteiger partial charge in [0.25, 0.3) is 0 Å². The first kappa shape index (κ1) is 16.1. The Morgan fingerprint density at radius 2 is 2.04 bits per heavy atom. The van der Waals surface area contributed by atoms with Crippen LogP contribution < -0.4 is 0 Å². The van der Waals surface area contributed by atoms with Gasteiger partial charge in [0.15, 0.2) is 0 Å². The topological polar surface area (TPSA) is 33.5 Å². The van der Waals surface area contributed by atoms with E-state index in [1.54, 1.807) is 0 Å². The number of hydrogen-bond donors (Lipinski definition) is 0. The van der Waals surface area contributed by atoms with Crippen LogP contribution >= 0.6 is 0 Å². The Balaban J connectivity index is 1.76. The van der Waals surface area contributed by atoms with E-state index in [4.69, 9.17) is 4.42 Å². The van der Waals surface area contributed by atoms with Gasteiger partial charge in [-0.1, -0.05) is 38.0 Å². The van der Waals surface area contributed by atoms with E-state index in [1.807, 2.05) is 23.1 Å². The SMILES string of the molecule is CCCN(C(=O)CC1CCCC1)C(C)c1cc2ccccc2o1. The lowest BCUT2D eigenvalue weighted by Crippen LogP contribution is -2.35. The number of fused-ring (bicyclic) bond motifs is 1. The van der Waals surface area contributed by atoms with Gasteiger partial charge in [-0.05, 0) is 44.2 Å². The third-order valence-corrected chi connectivity index (χ3v) is 5.05. The molecular formula is C20H27NO2. The first-order chi connectivity index (χ1) is 11.2. The quantitative estimate of drug-likeness (QED) is 0.724. The van der Waals surface area contributed by atoms with Gasteiger partial charge in [-0.25, -0.2) is 0 Å². The standard InChI is InChI=1S/C20H27NO2/c1-3-12-21(20(22)13-16-8-4-5-9-16)15(2)19-14-17-10-6-7-11-18(17)23-19/h6-7,10-11,14-16H,3-5,8-9,12-13H2,1-2H3. The van der Waals surface area contributed by atoms with Crippen molar-refractivity contribution in [3.63, 3.8) is 0 Å². The normalized spacial score (nSPS) is 16.8. The van der Waals surface area contributed by atoms with Gasteiger partial charge < -0.3 is 9.32 Å². The molecule has 1 heterocycles. The van der Waals surface area contributed by atoms with Gasteiger partial charge in [0.1, 0.15) is 11.3 Å². The third kappa shape index (κ3) is 3.60. The molecule has 0 aliphatic heterocycles. The van der Waals surface area contributed by atoms with Gasteiger partial charge in [0.05, 0.1) is 6.04 Å². The van der Waals surface area contributed by atoms with Gasteiger partial charge in [0.2, 0.25) is 5.91 Å². The lowest BCUT2D eigenvalue weighted by Gasteiger charge is -2.28. The predicted octanol–water partition coefficient (Wildman–Crippen LogP) is 5.31. The number of para-hydroxylation sites is 1. The van der Waals surface area contributed by atoms with E-state index in [0.717, 1.165) is 29.7 Å². The van der Waals surface area contributed by atoms with Crippen molar-refractivity contribution in [3.05, 3.63) is 36.1 Å². The Morgan fingerprint density at radius 3 is 2.74 bits per heavy atom. The maximum Gasteiger partial charge on any atom is 0.223 e. The highest BCUT2D eigenvalue weighted by Crippen LogP contribution is 2.31. The minimum absolute atomic E-state index is 0.00347. The molecule has 23 heavy (non-hydrogen) atoms. The smallest absolute Gasteiger partial charge is 0.223 e. The average molecular weight is 313 g/mol. The lowest BCUT2D eigenvalue weighted by atomic mass is 10.0. The van der Waals surface area contributed by atoms with E-state index in [9.17, 15) is 4.79 Å². The average Bonchev–Trinajstić information content (AvgIpc) is 3.20. The summed E-state index contributed by atoms with van der Waals surface area (Å²) >= 11 is 0. The zero-order chi connectivity index (χ0) is 16.2. The first-order valence-corrected chi connectivity index (χ1v) is 8.97. The molecule has 1 aliphatic rings. The Kier molecular flexibility index (Phi) is 5.04. The fourth-order valence-electron chi connectivity index (χ4n) is 3.72. The van der Waals surface area contributed by atoms with Crippen molar-refractivity contribution in [1.82, 2.24) is 4.90 Å². The highest BCUT2D eigenvalue weighted by molar-refractivity contribution is 5.79. The predicted molar refractivity (Wildman–Crippen MR) is 93.2 cm³/mol. The maximum absolute atomic E-state index is 12.8. The van der Waals surface area contributed by atoms with Crippen molar-refractivity contribution in [2.45, 2.75) is 58.4 Å². The van der Waals surface area contributed by atoms with Crippen LogP contribution in [0.1, 0.15) is 64.2 Å². The van der Waals surface area contributed by atoms with Gasteiger partial charge >= 0.3 is 0 Å². The van der Waals surface area contributed by atoms with E-state index in [1.165, 1.54) is 25.7 Å². The van der Waals surface area contributed by atoms with E-state index in [2.05, 4.69) is 26.0 Å². The van der Waals surface area contributed by atoms with Crippen LogP contribution in [-0.2, 0) is 4.79 Å². The molecule has 1 amide bonds. The molecule has 3 rings (SSSR count). The highest BCUT2D eigenvalue weighted by Gasteiger charge is 2.27. The Morgan fingerprint density at radius 1 is 1.30 bits per heavy atom. The third-order valence-electron chi connectivity index (χ3n) is 5.05. The van der Waals surface area contributed by atoms with Gasteiger partial charge in [-0.3, -0.25) is 4.79 Å². The summed E-state index contributed by atoms with van der Waals surface area (Å²) in [7, 11) is 0. The van der Waals surface area contributed by atoms with Gasteiger partial charge in [0, 0.05) is 18.4 Å². The van der Waals surface area contributed by atoms with E-state index >= 15 is 0 Å². The minimum Gasteiger partial charge on any atom is -0.459 e. The van der Waals surface area contributed by atoms with E-state index in [-0.39, 0.29) is 11.9 Å². The van der Waals surface area contributed by atoms with Crippen molar-refractivity contribution >= 4 is 16.9 Å². The summed E-state index contributed by atoms with van der Waals surface area (Å²) in [4.78, 5) is 14.8. The second kappa shape index (κ2) is 7.20. The van der Waals surface area contributed by atoms with Crippen LogP contribution in [-0.4, -0.2) is 17.4 Å². The van der Waals surface area contributed by atoms with E-state index < -0.39 is 0 Å². The molecule has 0 spiro atoms. The molecule has 1 unspecified atom stereocenters. The van der Waals surface area contributed by atoms with E-state index in [0.29, 0.717) is 12.3 Å². The molecule has 1 atom stereocenters. The van der Waals surface area contributed by atoms with Crippen LogP contribution in [0, 0.1) is 5.92 Å². The lowest BCUT2D eigenvalue weighted by molar-refractivity contribution is -0.134. The zero-order valence-corrected chi connectivity index (χ0v) is 14.3. The molecule has 3 nitrogen and oxygen atoms in total. The monoisotopic (exact) mass is 313 g/mol. The molecule has 0 radical (unpaired) electrons. The van der Waals surface area contributed by atoms with Crippen LogP contribution in [0.5, 0.6) is 0 Å². The van der Waals surface area contributed by atoms with Crippen molar-refractivity contribution in [2.24, 2.45) is 5.92 Å². The molecule has 1 saturated carbocycles. The molecular weight excluding hydrogens is 286 g/mol. The number of amides is 1. The number of rotatable bonds is 6. The van der Waals surface area contributed by atoms with Crippen molar-refractivity contribution in [2.75, 3.05) is 6.54 Å². The van der Waals surface area contributed by atoms with Gasteiger partial charge in [-0.15, -0.1) is 0 Å². The van der Waals surface area contributed by atoms with Crippen LogP contribution in [0.15, 0.2) is 34.7 Å². The zero-order valence-electron chi connectivity index (χ0n) is 14.3. The van der Waals surface area contributed by atoms with Crippen molar-refractivity contribution in [3.8, 4) is 0 Å². The number of benzene rings is 1. The number of furan rings is 1. The molecule has 124 valence electrons. The Hall–Kier alpha value is -1.77. The summed E-state index contributed by atoms with van der Waals surface area (Å²) in [6.45, 7) is 5.00. The molecule has 2 aromatic rings. The summed E-state index contributed by atoms with van der Waals surface area (Å²) in [5.41, 5.74) is 0.897. The van der Waals surface area contributed by atoms with Crippen LogP contribution in [0.25, 0.3) is 11.0 Å². The molecule has 0 N–H and O–H groups in total. The van der Waals surface area contributed by atoms with Crippen LogP contribution in [0.4, 0.5) is 0 Å². The number of nitrogens with zero attached hydrogens (tertiary/aromatic N) is 1. The summed E-state index contributed by atoms with van der Waals surface area (Å²) < 4.78 is 5.98. The molecule has 1 fully saturated rings. The number of carbonyl (C=O) groups is 1. The maximum atomic E-state index is 12.8. The Labute approximate surface area is 138 Å². The van der Waals surface area contributed by atoms with Crippen LogP contribution in [0.3, 0.4) is 0 Å². The summed E-state index contributed by atoms with van der Waals surface area (Å²) in [6.07, 6.45) is 6.66. The highest BCUT2D eigenvalue weighted by atomic mass is 16.3. The minimum atomic E-state index is -0.00347. The largest absolute Gasteiger partial charge is 0.459 e. The molecule has 1 aromatic heterocycles. The second-order valence-electron chi connectivity index (χ2n) is 6.80. The summed E-state index contributed by atoms with van der Waals surface area (Å²) in [6, 6.07) is 10.1. The molecule has 1 aliphatic carbocycles. The summed E-state index contributed by atoms with van der Waals surface area (Å²) in [5, 5.41) is 1.11. The fourth-order valence-corrected chi connectivity index (χ4v) is 3.72. The molecule has 1 aromatic carbocycles. The molecule has 0 saturated heterocycles. The van der Waals surface area contributed by atoms with Crippen molar-refractivity contribution in [1.29, 1.82) is 0 Å². The van der Waals surface area contributed by atoms with Crippen molar-refractivity contribution < 1.29 is 9.21 Å². The molecule has 3 heteroatoms.